The maximum atomic E-state index is 2.52. The molecule has 0 bridgehead atoms. The van der Waals surface area contributed by atoms with Gasteiger partial charge in [0.05, 0.1) is 0 Å². The van der Waals surface area contributed by atoms with Crippen molar-refractivity contribution in [3.8, 4) is 0 Å². The third-order valence-corrected chi connectivity index (χ3v) is 4.07. The zero-order chi connectivity index (χ0) is 11.1. The molecule has 0 saturated carbocycles. The van der Waals surface area contributed by atoms with Gasteiger partial charge in [-0.25, -0.2) is 0 Å². The molecule has 1 heteroatoms. The lowest BCUT2D eigenvalue weighted by Crippen LogP contribution is -2.42. The van der Waals surface area contributed by atoms with Crippen molar-refractivity contribution in [2.24, 2.45) is 5.92 Å². The van der Waals surface area contributed by atoms with Crippen LogP contribution in [0.15, 0.2) is 24.3 Å². The predicted octanol–water partition coefficient (Wildman–Crippen LogP) is 3.39. The molecule has 1 aromatic carbocycles. The Bertz CT molecular complexity index is 356. The summed E-state index contributed by atoms with van der Waals surface area (Å²) >= 11 is 0. The Morgan fingerprint density at radius 2 is 2.00 bits per heavy atom. The van der Waals surface area contributed by atoms with E-state index in [0.29, 0.717) is 5.92 Å². The first kappa shape index (κ1) is 10.7. The van der Waals surface area contributed by atoms with Crippen LogP contribution in [-0.2, 0) is 12.1 Å². The third kappa shape index (κ3) is 1.33. The van der Waals surface area contributed by atoms with Crippen molar-refractivity contribution in [2.45, 2.75) is 39.3 Å². The second-order valence-corrected chi connectivity index (χ2v) is 4.95. The van der Waals surface area contributed by atoms with E-state index in [0.717, 1.165) is 6.54 Å². The van der Waals surface area contributed by atoms with Crippen molar-refractivity contribution in [1.29, 1.82) is 0 Å². The van der Waals surface area contributed by atoms with E-state index in [-0.39, 0.29) is 5.54 Å². The molecule has 1 aliphatic rings. The van der Waals surface area contributed by atoms with Crippen LogP contribution in [0.5, 0.6) is 0 Å². The minimum Gasteiger partial charge on any atom is -0.292 e. The van der Waals surface area contributed by atoms with Gasteiger partial charge in [-0.1, -0.05) is 45.0 Å². The van der Waals surface area contributed by atoms with Gasteiger partial charge in [0.25, 0.3) is 0 Å². The second-order valence-electron chi connectivity index (χ2n) is 4.95. The van der Waals surface area contributed by atoms with Crippen LogP contribution in [0, 0.1) is 5.92 Å². The Kier molecular flexibility index (Phi) is 2.59. The van der Waals surface area contributed by atoms with E-state index in [4.69, 9.17) is 0 Å². The summed E-state index contributed by atoms with van der Waals surface area (Å²) in [5.74, 6) is 0.663. The average Bonchev–Trinajstić information content (AvgIpc) is 2.50. The number of rotatable bonds is 2. The van der Waals surface area contributed by atoms with Crippen LogP contribution < -0.4 is 0 Å². The summed E-state index contributed by atoms with van der Waals surface area (Å²) in [6, 6.07) is 8.90. The maximum Gasteiger partial charge on any atom is 0.0484 e. The molecule has 0 amide bonds. The molecule has 1 heterocycles. The van der Waals surface area contributed by atoms with Crippen LogP contribution >= 0.6 is 0 Å². The summed E-state index contributed by atoms with van der Waals surface area (Å²) in [6.45, 7) is 8.07. The Morgan fingerprint density at radius 1 is 1.33 bits per heavy atom. The van der Waals surface area contributed by atoms with Crippen molar-refractivity contribution in [2.75, 3.05) is 7.05 Å². The minimum absolute atomic E-state index is 0.261. The van der Waals surface area contributed by atoms with E-state index in [9.17, 15) is 0 Å². The summed E-state index contributed by atoms with van der Waals surface area (Å²) in [4.78, 5) is 2.52. The van der Waals surface area contributed by atoms with Gasteiger partial charge in [0.1, 0.15) is 0 Å². The largest absolute Gasteiger partial charge is 0.292 e. The summed E-state index contributed by atoms with van der Waals surface area (Å²) in [6.07, 6.45) is 1.19. The average molecular weight is 203 g/mol. The summed E-state index contributed by atoms with van der Waals surface area (Å²) < 4.78 is 0. The first-order chi connectivity index (χ1) is 7.13. The Hall–Kier alpha value is -0.820. The summed E-state index contributed by atoms with van der Waals surface area (Å²) in [7, 11) is 2.25. The van der Waals surface area contributed by atoms with E-state index in [2.05, 4.69) is 57.0 Å². The minimum atomic E-state index is 0.261. The molecule has 0 spiro atoms. The summed E-state index contributed by atoms with van der Waals surface area (Å²) in [5.41, 5.74) is 3.32. The second kappa shape index (κ2) is 3.64. The van der Waals surface area contributed by atoms with Gasteiger partial charge in [-0.05, 0) is 30.5 Å². The number of hydrogen-bond donors (Lipinski definition) is 0. The Balaban J connectivity index is 2.57. The topological polar surface area (TPSA) is 3.24 Å². The molecule has 2 rings (SSSR count). The molecule has 1 unspecified atom stereocenters. The molecule has 1 aromatic rings. The highest BCUT2D eigenvalue weighted by atomic mass is 15.2. The van der Waals surface area contributed by atoms with Crippen LogP contribution in [0.4, 0.5) is 0 Å². The van der Waals surface area contributed by atoms with E-state index >= 15 is 0 Å². The maximum absolute atomic E-state index is 2.52. The third-order valence-electron chi connectivity index (χ3n) is 4.07. The van der Waals surface area contributed by atoms with E-state index in [1.54, 1.807) is 5.56 Å². The highest BCUT2D eigenvalue weighted by molar-refractivity contribution is 5.38. The van der Waals surface area contributed by atoms with Gasteiger partial charge in [-0.15, -0.1) is 0 Å². The van der Waals surface area contributed by atoms with Crippen molar-refractivity contribution >= 4 is 0 Å². The molecule has 1 atom stereocenters. The number of nitrogens with zero attached hydrogens (tertiary/aromatic N) is 1. The van der Waals surface area contributed by atoms with Crippen molar-refractivity contribution in [3.05, 3.63) is 35.4 Å². The quantitative estimate of drug-likeness (QED) is 0.712. The normalized spacial score (nSPS) is 25.9. The van der Waals surface area contributed by atoms with Gasteiger partial charge in [0, 0.05) is 12.1 Å². The van der Waals surface area contributed by atoms with Gasteiger partial charge in [0.2, 0.25) is 0 Å². The molecule has 0 N–H and O–H groups in total. The Labute approximate surface area is 93.1 Å². The smallest absolute Gasteiger partial charge is 0.0484 e. The van der Waals surface area contributed by atoms with Crippen molar-refractivity contribution in [3.63, 3.8) is 0 Å². The lowest BCUT2D eigenvalue weighted by Gasteiger charge is -2.40. The predicted molar refractivity (Wildman–Crippen MR) is 64.7 cm³/mol. The zero-order valence-electron chi connectivity index (χ0n) is 10.2. The van der Waals surface area contributed by atoms with Crippen molar-refractivity contribution < 1.29 is 0 Å². The standard InChI is InChI=1S/C14H21N/c1-5-14(11(2)3)13-9-7-6-8-12(13)10-15(14)4/h6-9,11H,5,10H2,1-4H3. The first-order valence-electron chi connectivity index (χ1n) is 5.92. The first-order valence-corrected chi connectivity index (χ1v) is 5.92. The molecule has 0 fully saturated rings. The fraction of sp³-hybridized carbons (Fsp3) is 0.571. The lowest BCUT2D eigenvalue weighted by atomic mass is 9.78. The van der Waals surface area contributed by atoms with Gasteiger partial charge < -0.3 is 0 Å². The van der Waals surface area contributed by atoms with E-state index in [1.807, 2.05) is 0 Å². The van der Waals surface area contributed by atoms with Crippen molar-refractivity contribution in [1.82, 2.24) is 4.90 Å². The lowest BCUT2D eigenvalue weighted by molar-refractivity contribution is 0.0780. The molecule has 0 saturated heterocycles. The molecule has 15 heavy (non-hydrogen) atoms. The van der Waals surface area contributed by atoms with E-state index < -0.39 is 0 Å². The van der Waals surface area contributed by atoms with Crippen LogP contribution in [0.2, 0.25) is 0 Å². The number of fused-ring (bicyclic) bond motifs is 1. The number of hydrogen-bond acceptors (Lipinski definition) is 1. The molecular weight excluding hydrogens is 182 g/mol. The molecule has 82 valence electrons. The van der Waals surface area contributed by atoms with Crippen LogP contribution in [-0.4, -0.2) is 11.9 Å². The van der Waals surface area contributed by atoms with Gasteiger partial charge in [-0.2, -0.15) is 0 Å². The zero-order valence-corrected chi connectivity index (χ0v) is 10.2. The molecular formula is C14H21N. The monoisotopic (exact) mass is 203 g/mol. The number of benzene rings is 1. The highest BCUT2D eigenvalue weighted by Crippen LogP contribution is 2.45. The fourth-order valence-electron chi connectivity index (χ4n) is 3.30. The van der Waals surface area contributed by atoms with E-state index in [1.165, 1.54) is 12.0 Å². The molecule has 0 aromatic heterocycles. The van der Waals surface area contributed by atoms with Crippen LogP contribution in [0.3, 0.4) is 0 Å². The fourth-order valence-corrected chi connectivity index (χ4v) is 3.30. The molecule has 1 nitrogen and oxygen atoms in total. The molecule has 0 aliphatic carbocycles. The SMILES string of the molecule is CCC1(C(C)C)c2ccccc2CN1C. The van der Waals surface area contributed by atoms with Gasteiger partial charge in [-0.3, -0.25) is 4.90 Å². The highest BCUT2D eigenvalue weighted by Gasteiger charge is 2.43. The van der Waals surface area contributed by atoms with Crippen LogP contribution in [0.25, 0.3) is 0 Å². The van der Waals surface area contributed by atoms with Gasteiger partial charge in [0.15, 0.2) is 0 Å². The summed E-state index contributed by atoms with van der Waals surface area (Å²) in [5, 5.41) is 0. The molecule has 0 radical (unpaired) electrons. The molecule has 1 aliphatic heterocycles. The van der Waals surface area contributed by atoms with Gasteiger partial charge >= 0.3 is 0 Å². The van der Waals surface area contributed by atoms with Crippen LogP contribution in [0.1, 0.15) is 38.3 Å². The Morgan fingerprint density at radius 3 is 2.60 bits per heavy atom.